The van der Waals surface area contributed by atoms with Crippen LogP contribution in [0.15, 0.2) is 0 Å². The van der Waals surface area contributed by atoms with E-state index in [1.165, 1.54) is 0 Å². The minimum Gasteiger partial charge on any atom is -0.435 e. The van der Waals surface area contributed by atoms with Crippen LogP contribution in [0.1, 0.15) is 33.1 Å². The molecule has 1 fully saturated rings. The summed E-state index contributed by atoms with van der Waals surface area (Å²) >= 11 is 0. The number of ether oxygens (including phenoxy) is 2. The van der Waals surface area contributed by atoms with E-state index in [9.17, 15) is 15.0 Å². The molecule has 0 amide bonds. The molecular formula is C12H22O6. The van der Waals surface area contributed by atoms with Crippen molar-refractivity contribution in [2.75, 3.05) is 6.61 Å². The molecule has 6 heteroatoms. The first-order valence-corrected chi connectivity index (χ1v) is 6.36. The number of rotatable bonds is 5. The lowest BCUT2D eigenvalue weighted by Gasteiger charge is -2.36. The van der Waals surface area contributed by atoms with Gasteiger partial charge in [-0.05, 0) is 12.8 Å². The normalized spacial score (nSPS) is 32.6. The third-order valence-electron chi connectivity index (χ3n) is 3.28. The topological polar surface area (TPSA) is 96.2 Å². The molecule has 3 N–H and O–H groups in total. The molecule has 0 aliphatic carbocycles. The van der Waals surface area contributed by atoms with E-state index in [0.717, 1.165) is 0 Å². The molecule has 0 spiro atoms. The second-order valence-corrected chi connectivity index (χ2v) is 4.53. The van der Waals surface area contributed by atoms with Gasteiger partial charge < -0.3 is 24.8 Å². The summed E-state index contributed by atoms with van der Waals surface area (Å²) in [4.78, 5) is 11.7. The van der Waals surface area contributed by atoms with Gasteiger partial charge in [0.1, 0.15) is 12.2 Å². The smallest absolute Gasteiger partial charge is 0.311 e. The molecule has 0 radical (unpaired) electrons. The lowest BCUT2D eigenvalue weighted by atomic mass is 10.0. The van der Waals surface area contributed by atoms with Crippen molar-refractivity contribution >= 4 is 5.97 Å². The fourth-order valence-electron chi connectivity index (χ4n) is 1.99. The van der Waals surface area contributed by atoms with Crippen molar-refractivity contribution in [2.45, 2.75) is 57.7 Å². The van der Waals surface area contributed by atoms with Crippen LogP contribution in [-0.4, -0.2) is 52.5 Å². The lowest BCUT2D eigenvalue weighted by Crippen LogP contribution is -2.51. The SMILES string of the molecule is CCC(CC)C(=O)O[C@@H]1CC(O)C(O)C(CO)O1. The first kappa shape index (κ1) is 15.4. The summed E-state index contributed by atoms with van der Waals surface area (Å²) in [5.41, 5.74) is 0. The summed E-state index contributed by atoms with van der Waals surface area (Å²) in [5, 5.41) is 28.1. The van der Waals surface area contributed by atoms with Crippen LogP contribution in [0.4, 0.5) is 0 Å². The Hall–Kier alpha value is -0.690. The maximum atomic E-state index is 11.7. The van der Waals surface area contributed by atoms with E-state index in [0.29, 0.717) is 12.8 Å². The number of aliphatic hydroxyl groups excluding tert-OH is 3. The van der Waals surface area contributed by atoms with E-state index >= 15 is 0 Å². The zero-order valence-corrected chi connectivity index (χ0v) is 10.8. The van der Waals surface area contributed by atoms with Gasteiger partial charge in [0, 0.05) is 6.42 Å². The zero-order valence-electron chi connectivity index (χ0n) is 10.8. The first-order chi connectivity index (χ1) is 8.53. The molecule has 1 aliphatic heterocycles. The molecule has 0 aromatic heterocycles. The summed E-state index contributed by atoms with van der Waals surface area (Å²) in [6, 6.07) is 0. The third kappa shape index (κ3) is 3.65. The highest BCUT2D eigenvalue weighted by molar-refractivity contribution is 5.72. The molecule has 4 atom stereocenters. The molecule has 1 saturated heterocycles. The van der Waals surface area contributed by atoms with Crippen molar-refractivity contribution in [3.8, 4) is 0 Å². The molecule has 1 aliphatic rings. The molecule has 6 nitrogen and oxygen atoms in total. The summed E-state index contributed by atoms with van der Waals surface area (Å²) < 4.78 is 10.4. The monoisotopic (exact) mass is 262 g/mol. The maximum absolute atomic E-state index is 11.7. The van der Waals surface area contributed by atoms with Crippen LogP contribution >= 0.6 is 0 Å². The second-order valence-electron chi connectivity index (χ2n) is 4.53. The van der Waals surface area contributed by atoms with E-state index in [1.807, 2.05) is 13.8 Å². The van der Waals surface area contributed by atoms with Gasteiger partial charge in [0.15, 0.2) is 0 Å². The summed E-state index contributed by atoms with van der Waals surface area (Å²) in [7, 11) is 0. The minimum absolute atomic E-state index is 0.0174. The average Bonchev–Trinajstić information content (AvgIpc) is 2.35. The van der Waals surface area contributed by atoms with E-state index in [-0.39, 0.29) is 18.3 Å². The number of aliphatic hydroxyl groups is 3. The number of hydrogen-bond donors (Lipinski definition) is 3. The summed E-state index contributed by atoms with van der Waals surface area (Å²) in [6.07, 6.45) is -2.67. The van der Waals surface area contributed by atoms with Gasteiger partial charge in [-0.1, -0.05) is 13.8 Å². The van der Waals surface area contributed by atoms with Crippen molar-refractivity contribution in [1.82, 2.24) is 0 Å². The molecule has 106 valence electrons. The second kappa shape index (κ2) is 7.04. The maximum Gasteiger partial charge on any atom is 0.311 e. The van der Waals surface area contributed by atoms with Crippen molar-refractivity contribution in [2.24, 2.45) is 5.92 Å². The van der Waals surface area contributed by atoms with Gasteiger partial charge in [-0.15, -0.1) is 0 Å². The fraction of sp³-hybridized carbons (Fsp3) is 0.917. The largest absolute Gasteiger partial charge is 0.435 e. The Bertz CT molecular complexity index is 265. The highest BCUT2D eigenvalue weighted by Crippen LogP contribution is 2.22. The standard InChI is InChI=1S/C12H22O6/c1-3-7(4-2)12(16)18-10-5-8(14)11(15)9(6-13)17-10/h7-11,13-15H,3-6H2,1-2H3/t8?,9?,10-,11?/m1/s1. The zero-order chi connectivity index (χ0) is 13.7. The molecular weight excluding hydrogens is 240 g/mol. The molecule has 1 rings (SSSR count). The van der Waals surface area contributed by atoms with E-state index in [4.69, 9.17) is 14.6 Å². The molecule has 0 bridgehead atoms. The van der Waals surface area contributed by atoms with Crippen molar-refractivity contribution in [1.29, 1.82) is 0 Å². The Morgan fingerprint density at radius 2 is 2.00 bits per heavy atom. The average molecular weight is 262 g/mol. The third-order valence-corrected chi connectivity index (χ3v) is 3.28. The van der Waals surface area contributed by atoms with Crippen LogP contribution < -0.4 is 0 Å². The number of carbonyl (C=O) groups is 1. The highest BCUT2D eigenvalue weighted by Gasteiger charge is 2.38. The molecule has 18 heavy (non-hydrogen) atoms. The highest BCUT2D eigenvalue weighted by atomic mass is 16.7. The van der Waals surface area contributed by atoms with Crippen molar-refractivity contribution < 1.29 is 29.6 Å². The number of esters is 1. The summed E-state index contributed by atoms with van der Waals surface area (Å²) in [5.74, 6) is -0.560. The first-order valence-electron chi connectivity index (χ1n) is 6.36. The minimum atomic E-state index is -1.15. The van der Waals surface area contributed by atoms with Gasteiger partial charge >= 0.3 is 5.97 Å². The molecule has 0 aromatic rings. The molecule has 0 saturated carbocycles. The fourth-order valence-corrected chi connectivity index (χ4v) is 1.99. The predicted molar refractivity (Wildman–Crippen MR) is 62.5 cm³/mol. The predicted octanol–water partition coefficient (Wildman–Crippen LogP) is -0.205. The van der Waals surface area contributed by atoms with Crippen molar-refractivity contribution in [3.63, 3.8) is 0 Å². The van der Waals surface area contributed by atoms with Crippen LogP contribution in [-0.2, 0) is 14.3 Å². The van der Waals surface area contributed by atoms with Gasteiger partial charge in [-0.25, -0.2) is 0 Å². The van der Waals surface area contributed by atoms with Crippen LogP contribution in [0.3, 0.4) is 0 Å². The molecule has 1 heterocycles. The van der Waals surface area contributed by atoms with E-state index in [1.54, 1.807) is 0 Å². The van der Waals surface area contributed by atoms with Crippen LogP contribution in [0, 0.1) is 5.92 Å². The van der Waals surface area contributed by atoms with Gasteiger partial charge in [-0.3, -0.25) is 4.79 Å². The van der Waals surface area contributed by atoms with Crippen molar-refractivity contribution in [3.05, 3.63) is 0 Å². The molecule has 0 aromatic carbocycles. The Morgan fingerprint density at radius 3 is 2.50 bits per heavy atom. The van der Waals surface area contributed by atoms with E-state index in [2.05, 4.69) is 0 Å². The van der Waals surface area contributed by atoms with Gasteiger partial charge in [0.05, 0.1) is 18.6 Å². The van der Waals surface area contributed by atoms with Crippen LogP contribution in [0.25, 0.3) is 0 Å². The quantitative estimate of drug-likeness (QED) is 0.594. The van der Waals surface area contributed by atoms with E-state index < -0.39 is 31.2 Å². The number of hydrogen-bond acceptors (Lipinski definition) is 6. The Morgan fingerprint density at radius 1 is 1.39 bits per heavy atom. The summed E-state index contributed by atoms with van der Waals surface area (Å²) in [6.45, 7) is 3.36. The van der Waals surface area contributed by atoms with Crippen LogP contribution in [0.5, 0.6) is 0 Å². The molecule has 3 unspecified atom stereocenters. The lowest BCUT2D eigenvalue weighted by molar-refractivity contribution is -0.253. The Kier molecular flexibility index (Phi) is 6.01. The Balaban J connectivity index is 2.55. The van der Waals surface area contributed by atoms with Gasteiger partial charge in [0.2, 0.25) is 6.29 Å². The number of carbonyl (C=O) groups excluding carboxylic acids is 1. The van der Waals surface area contributed by atoms with Crippen LogP contribution in [0.2, 0.25) is 0 Å². The Labute approximate surface area is 107 Å². The van der Waals surface area contributed by atoms with Gasteiger partial charge in [-0.2, -0.15) is 0 Å². The van der Waals surface area contributed by atoms with Gasteiger partial charge in [0.25, 0.3) is 0 Å².